The summed E-state index contributed by atoms with van der Waals surface area (Å²) in [6.45, 7) is 4.13. The summed E-state index contributed by atoms with van der Waals surface area (Å²) in [5.74, 6) is -0.0997. The van der Waals surface area contributed by atoms with Crippen LogP contribution >= 0.6 is 22.9 Å². The van der Waals surface area contributed by atoms with Crippen LogP contribution in [0.4, 0.5) is 5.69 Å². The second-order valence-corrected chi connectivity index (χ2v) is 7.38. The summed E-state index contributed by atoms with van der Waals surface area (Å²) in [5, 5.41) is 2.87. The van der Waals surface area contributed by atoms with E-state index in [0.717, 1.165) is 20.7 Å². The number of likely N-dealkylation sites (N-methyl/N-ethyl adjacent to an activating group) is 1. The van der Waals surface area contributed by atoms with Crippen LogP contribution in [0.15, 0.2) is 36.4 Å². The Kier molecular flexibility index (Phi) is 5.93. The molecule has 0 saturated carbocycles. The van der Waals surface area contributed by atoms with Crippen LogP contribution in [0.5, 0.6) is 0 Å². The zero-order valence-corrected chi connectivity index (χ0v) is 14.9. The molecular weight excluding hydrogens is 332 g/mol. The van der Waals surface area contributed by atoms with Crippen LogP contribution in [-0.2, 0) is 11.3 Å². The molecule has 1 unspecified atom stereocenters. The summed E-state index contributed by atoms with van der Waals surface area (Å²) < 4.78 is 0.756. The Hall–Kier alpha value is -1.69. The quantitative estimate of drug-likeness (QED) is 0.786. The molecule has 0 spiro atoms. The number of hydrogen-bond acceptors (Lipinski definition) is 3. The molecule has 0 aliphatic rings. The standard InChI is InChI=1S/C17H19ClN2O2S/c1-11(20(3)10-15-7-8-16(18)23-15)17(22)19-14-6-4-5-13(9-14)12(2)21/h4-9,11H,10H2,1-3H3,(H,19,22)/p+1/t11-/m1/s1. The SMILES string of the molecule is CC(=O)c1cccc(NC(=O)[C@@H](C)[NH+](C)Cc2ccc(Cl)s2)c1. The minimum absolute atomic E-state index is 0.0218. The van der Waals surface area contributed by atoms with Crippen LogP contribution in [0, 0.1) is 0 Å². The molecule has 0 radical (unpaired) electrons. The van der Waals surface area contributed by atoms with Gasteiger partial charge in [-0.3, -0.25) is 9.59 Å². The first kappa shape index (κ1) is 17.7. The van der Waals surface area contributed by atoms with Crippen LogP contribution in [0.2, 0.25) is 4.34 Å². The fourth-order valence-electron chi connectivity index (χ4n) is 2.16. The number of halogens is 1. The lowest BCUT2D eigenvalue weighted by Crippen LogP contribution is -3.12. The van der Waals surface area contributed by atoms with Gasteiger partial charge in [-0.15, -0.1) is 11.3 Å². The highest BCUT2D eigenvalue weighted by molar-refractivity contribution is 7.16. The zero-order valence-electron chi connectivity index (χ0n) is 13.4. The van der Waals surface area contributed by atoms with Gasteiger partial charge in [0.05, 0.1) is 16.3 Å². The number of ketones is 1. The minimum Gasteiger partial charge on any atom is -0.323 e. The Morgan fingerprint density at radius 3 is 2.65 bits per heavy atom. The predicted octanol–water partition coefficient (Wildman–Crippen LogP) is 2.65. The summed E-state index contributed by atoms with van der Waals surface area (Å²) >= 11 is 7.47. The zero-order chi connectivity index (χ0) is 17.0. The van der Waals surface area contributed by atoms with Crippen LogP contribution in [-0.4, -0.2) is 24.8 Å². The second-order valence-electron chi connectivity index (χ2n) is 5.58. The number of Topliss-reactive ketones (excluding diaryl/α,β-unsaturated/α-hetero) is 1. The second kappa shape index (κ2) is 7.73. The lowest BCUT2D eigenvalue weighted by atomic mass is 10.1. The van der Waals surface area contributed by atoms with E-state index in [-0.39, 0.29) is 17.7 Å². The lowest BCUT2D eigenvalue weighted by molar-refractivity contribution is -0.907. The summed E-state index contributed by atoms with van der Waals surface area (Å²) in [4.78, 5) is 26.0. The third-order valence-electron chi connectivity index (χ3n) is 3.75. The number of hydrogen-bond donors (Lipinski definition) is 2. The molecule has 0 aliphatic heterocycles. The van der Waals surface area contributed by atoms with Crippen LogP contribution in [0.1, 0.15) is 29.1 Å². The Labute approximate surface area is 145 Å². The molecule has 2 rings (SSSR count). The third-order valence-corrected chi connectivity index (χ3v) is 4.98. The number of anilines is 1. The Morgan fingerprint density at radius 1 is 1.30 bits per heavy atom. The van der Waals surface area contributed by atoms with Crippen molar-refractivity contribution in [2.75, 3.05) is 12.4 Å². The van der Waals surface area contributed by atoms with Crippen molar-refractivity contribution in [3.8, 4) is 0 Å². The van der Waals surface area contributed by atoms with Gasteiger partial charge in [0, 0.05) is 11.3 Å². The van der Waals surface area contributed by atoms with Crippen molar-refractivity contribution in [2.24, 2.45) is 0 Å². The van der Waals surface area contributed by atoms with E-state index < -0.39 is 0 Å². The number of thiophene rings is 1. The number of carbonyl (C=O) groups excluding carboxylic acids is 2. The van der Waals surface area contributed by atoms with E-state index in [1.54, 1.807) is 24.3 Å². The highest BCUT2D eigenvalue weighted by Crippen LogP contribution is 2.20. The molecule has 1 aromatic carbocycles. The average molecular weight is 352 g/mol. The topological polar surface area (TPSA) is 50.6 Å². The molecule has 2 aromatic rings. The number of quaternary nitrogens is 1. The molecule has 122 valence electrons. The first-order valence-electron chi connectivity index (χ1n) is 7.35. The first-order chi connectivity index (χ1) is 10.9. The van der Waals surface area contributed by atoms with Crippen molar-refractivity contribution >= 4 is 40.3 Å². The third kappa shape index (κ3) is 4.89. The molecule has 0 saturated heterocycles. The Morgan fingerprint density at radius 2 is 2.04 bits per heavy atom. The molecule has 1 amide bonds. The molecule has 2 N–H and O–H groups in total. The van der Waals surface area contributed by atoms with E-state index in [0.29, 0.717) is 11.3 Å². The Bertz CT molecular complexity index is 714. The van der Waals surface area contributed by atoms with E-state index in [4.69, 9.17) is 11.6 Å². The highest BCUT2D eigenvalue weighted by atomic mass is 35.5. The smallest absolute Gasteiger partial charge is 0.282 e. The normalized spacial score (nSPS) is 13.4. The van der Waals surface area contributed by atoms with Gasteiger partial charge in [0.15, 0.2) is 11.8 Å². The summed E-state index contributed by atoms with van der Waals surface area (Å²) in [6.07, 6.45) is 0. The van der Waals surface area contributed by atoms with E-state index in [1.165, 1.54) is 18.3 Å². The van der Waals surface area contributed by atoms with E-state index in [9.17, 15) is 9.59 Å². The molecule has 2 atom stereocenters. The van der Waals surface area contributed by atoms with Gasteiger partial charge in [-0.05, 0) is 38.1 Å². The largest absolute Gasteiger partial charge is 0.323 e. The van der Waals surface area contributed by atoms with Crippen LogP contribution < -0.4 is 10.2 Å². The summed E-state index contributed by atoms with van der Waals surface area (Å²) in [5.41, 5.74) is 1.23. The molecule has 0 fully saturated rings. The number of amides is 1. The fourth-order valence-corrected chi connectivity index (χ4v) is 3.35. The van der Waals surface area contributed by atoms with Gasteiger partial charge in [0.1, 0.15) is 6.54 Å². The number of carbonyl (C=O) groups is 2. The van der Waals surface area contributed by atoms with E-state index in [2.05, 4.69) is 5.32 Å². The molecule has 23 heavy (non-hydrogen) atoms. The number of nitrogens with one attached hydrogen (secondary N) is 2. The number of benzene rings is 1. The molecule has 0 aliphatic carbocycles. The van der Waals surface area contributed by atoms with Gasteiger partial charge in [0.25, 0.3) is 5.91 Å². The van der Waals surface area contributed by atoms with E-state index >= 15 is 0 Å². The van der Waals surface area contributed by atoms with E-state index in [1.807, 2.05) is 26.1 Å². The van der Waals surface area contributed by atoms with Gasteiger partial charge in [-0.2, -0.15) is 0 Å². The van der Waals surface area contributed by atoms with Crippen molar-refractivity contribution in [1.82, 2.24) is 0 Å². The van der Waals surface area contributed by atoms with Crippen molar-refractivity contribution < 1.29 is 14.5 Å². The molecular formula is C17H20ClN2O2S+. The maximum Gasteiger partial charge on any atom is 0.282 e. The molecule has 4 nitrogen and oxygen atoms in total. The first-order valence-corrected chi connectivity index (χ1v) is 8.54. The van der Waals surface area contributed by atoms with Crippen LogP contribution in [0.25, 0.3) is 0 Å². The monoisotopic (exact) mass is 351 g/mol. The minimum atomic E-state index is -0.225. The average Bonchev–Trinajstić information content (AvgIpc) is 2.91. The number of rotatable bonds is 6. The maximum absolute atomic E-state index is 12.4. The van der Waals surface area contributed by atoms with Gasteiger partial charge in [-0.25, -0.2) is 0 Å². The van der Waals surface area contributed by atoms with Gasteiger partial charge >= 0.3 is 0 Å². The maximum atomic E-state index is 12.4. The van der Waals surface area contributed by atoms with Gasteiger partial charge < -0.3 is 10.2 Å². The predicted molar refractivity (Wildman–Crippen MR) is 94.5 cm³/mol. The highest BCUT2D eigenvalue weighted by Gasteiger charge is 2.22. The van der Waals surface area contributed by atoms with Gasteiger partial charge in [0.2, 0.25) is 0 Å². The van der Waals surface area contributed by atoms with Crippen molar-refractivity contribution in [3.63, 3.8) is 0 Å². The summed E-state index contributed by atoms with van der Waals surface area (Å²) in [7, 11) is 1.98. The molecule has 1 heterocycles. The fraction of sp³-hybridized carbons (Fsp3) is 0.294. The van der Waals surface area contributed by atoms with Crippen LogP contribution in [0.3, 0.4) is 0 Å². The molecule has 0 bridgehead atoms. The van der Waals surface area contributed by atoms with Crippen molar-refractivity contribution in [1.29, 1.82) is 0 Å². The molecule has 6 heteroatoms. The van der Waals surface area contributed by atoms with Crippen molar-refractivity contribution in [2.45, 2.75) is 26.4 Å². The molecule has 1 aromatic heterocycles. The Balaban J connectivity index is 1.99. The van der Waals surface area contributed by atoms with Gasteiger partial charge in [-0.1, -0.05) is 23.7 Å². The lowest BCUT2D eigenvalue weighted by Gasteiger charge is -2.20. The summed E-state index contributed by atoms with van der Waals surface area (Å²) in [6, 6.07) is 10.6. The van der Waals surface area contributed by atoms with Crippen molar-refractivity contribution in [3.05, 3.63) is 51.2 Å².